The molecule has 0 amide bonds. The van der Waals surface area contributed by atoms with E-state index < -0.39 is 0 Å². The van der Waals surface area contributed by atoms with Crippen molar-refractivity contribution in [3.05, 3.63) is 69.9 Å². The van der Waals surface area contributed by atoms with Crippen LogP contribution in [0.1, 0.15) is 29.9 Å². The van der Waals surface area contributed by atoms with E-state index in [4.69, 9.17) is 37.8 Å². The monoisotopic (exact) mass is 431 g/mol. The molecule has 0 spiro atoms. The molecule has 1 aromatic carbocycles. The number of hydroxylamine groups is 1. The van der Waals surface area contributed by atoms with Gasteiger partial charge in [-0.1, -0.05) is 29.3 Å². The number of hydrogen-bond donors (Lipinski definition) is 1. The van der Waals surface area contributed by atoms with Crippen LogP contribution >= 0.6 is 23.2 Å². The van der Waals surface area contributed by atoms with Crippen LogP contribution in [0.2, 0.25) is 10.0 Å². The third-order valence-electron chi connectivity index (χ3n) is 4.61. The lowest BCUT2D eigenvalue weighted by atomic mass is 10.0. The molecule has 29 heavy (non-hydrogen) atoms. The first-order valence-electron chi connectivity index (χ1n) is 8.97. The summed E-state index contributed by atoms with van der Waals surface area (Å²) in [5.74, 6) is 0.958. The van der Waals surface area contributed by atoms with Gasteiger partial charge in [-0.05, 0) is 43.7 Å². The summed E-state index contributed by atoms with van der Waals surface area (Å²) in [6, 6.07) is 8.95. The first-order chi connectivity index (χ1) is 14.0. The molecule has 150 valence electrons. The quantitative estimate of drug-likeness (QED) is 0.666. The standard InChI is InChI=1S/C20H19Cl2N5O2/c1-11-9-27(10-23-11)17-7-6-16(24-20(17)28-3)19-25-18(12(2)29-26-19)13-4-5-14(21)15(22)8-13/h4-10,12,18H,1-3H3,(H,25,26). The number of aryl methyl sites for hydroxylation is 1. The molecule has 1 aliphatic rings. The summed E-state index contributed by atoms with van der Waals surface area (Å²) < 4.78 is 7.35. The second-order valence-electron chi connectivity index (χ2n) is 6.67. The van der Waals surface area contributed by atoms with Gasteiger partial charge in [0.2, 0.25) is 5.88 Å². The number of ether oxygens (including phenoxy) is 1. The van der Waals surface area contributed by atoms with Gasteiger partial charge in [0.25, 0.3) is 0 Å². The molecule has 3 heterocycles. The second-order valence-corrected chi connectivity index (χ2v) is 7.48. The molecule has 0 saturated carbocycles. The van der Waals surface area contributed by atoms with Crippen LogP contribution in [-0.4, -0.2) is 33.6 Å². The van der Waals surface area contributed by atoms with Crippen LogP contribution in [-0.2, 0) is 4.84 Å². The van der Waals surface area contributed by atoms with Gasteiger partial charge < -0.3 is 9.30 Å². The molecule has 2 unspecified atom stereocenters. The number of nitrogens with one attached hydrogen (secondary N) is 1. The van der Waals surface area contributed by atoms with Gasteiger partial charge in [-0.3, -0.25) is 9.83 Å². The van der Waals surface area contributed by atoms with E-state index >= 15 is 0 Å². The van der Waals surface area contributed by atoms with Gasteiger partial charge in [0.15, 0.2) is 5.84 Å². The average molecular weight is 432 g/mol. The summed E-state index contributed by atoms with van der Waals surface area (Å²) in [6.45, 7) is 3.85. The number of halogens is 2. The lowest BCUT2D eigenvalue weighted by molar-refractivity contribution is -0.00478. The van der Waals surface area contributed by atoms with Crippen molar-refractivity contribution in [1.82, 2.24) is 20.0 Å². The Hall–Kier alpha value is -2.61. The van der Waals surface area contributed by atoms with Gasteiger partial charge in [-0.2, -0.15) is 0 Å². The number of pyridine rings is 1. The van der Waals surface area contributed by atoms with Crippen LogP contribution in [0.15, 0.2) is 47.8 Å². The molecule has 3 aromatic rings. The third-order valence-corrected chi connectivity index (χ3v) is 5.34. The summed E-state index contributed by atoms with van der Waals surface area (Å²) in [5, 5.41) is 0.977. The summed E-state index contributed by atoms with van der Waals surface area (Å²) in [4.78, 5) is 19.4. The number of rotatable bonds is 4. The van der Waals surface area contributed by atoms with E-state index in [-0.39, 0.29) is 12.1 Å². The van der Waals surface area contributed by atoms with Gasteiger partial charge in [0, 0.05) is 6.20 Å². The number of aromatic nitrogens is 3. The van der Waals surface area contributed by atoms with E-state index in [0.29, 0.717) is 27.5 Å². The molecule has 9 heteroatoms. The van der Waals surface area contributed by atoms with Crippen LogP contribution in [0.5, 0.6) is 5.88 Å². The molecule has 0 saturated heterocycles. The summed E-state index contributed by atoms with van der Waals surface area (Å²) in [6.07, 6.45) is 3.42. The van der Waals surface area contributed by atoms with E-state index in [0.717, 1.165) is 16.9 Å². The molecule has 1 aliphatic heterocycles. The van der Waals surface area contributed by atoms with Crippen LogP contribution < -0.4 is 10.2 Å². The summed E-state index contributed by atoms with van der Waals surface area (Å²) >= 11 is 12.2. The minimum atomic E-state index is -0.259. The van der Waals surface area contributed by atoms with Crippen molar-refractivity contribution >= 4 is 29.0 Å². The van der Waals surface area contributed by atoms with Crippen molar-refractivity contribution in [2.75, 3.05) is 7.11 Å². The minimum absolute atomic E-state index is 0.203. The van der Waals surface area contributed by atoms with E-state index in [2.05, 4.69) is 15.4 Å². The molecule has 2 atom stereocenters. The number of hydrogen-bond acceptors (Lipinski definition) is 6. The van der Waals surface area contributed by atoms with Crippen molar-refractivity contribution in [2.45, 2.75) is 26.0 Å². The van der Waals surface area contributed by atoms with Crippen molar-refractivity contribution in [3.63, 3.8) is 0 Å². The average Bonchev–Trinajstić information content (AvgIpc) is 3.16. The Bertz CT molecular complexity index is 1080. The molecule has 4 rings (SSSR count). The fourth-order valence-corrected chi connectivity index (χ4v) is 3.42. The zero-order chi connectivity index (χ0) is 20.5. The molecule has 0 bridgehead atoms. The topological polar surface area (TPSA) is 73.6 Å². The number of methoxy groups -OCH3 is 1. The molecule has 1 N–H and O–H groups in total. The number of imidazole rings is 1. The first kappa shape index (κ1) is 19.7. The van der Waals surface area contributed by atoms with Crippen molar-refractivity contribution in [1.29, 1.82) is 0 Å². The van der Waals surface area contributed by atoms with Crippen LogP contribution in [0, 0.1) is 6.92 Å². The molecule has 2 aromatic heterocycles. The van der Waals surface area contributed by atoms with E-state index in [9.17, 15) is 0 Å². The highest BCUT2D eigenvalue weighted by molar-refractivity contribution is 6.42. The fourth-order valence-electron chi connectivity index (χ4n) is 3.11. The van der Waals surface area contributed by atoms with Gasteiger partial charge in [-0.25, -0.2) is 15.4 Å². The molecular formula is C20H19Cl2N5O2. The predicted octanol–water partition coefficient (Wildman–Crippen LogP) is 4.30. The number of nitrogens with zero attached hydrogens (tertiary/aromatic N) is 4. The zero-order valence-electron chi connectivity index (χ0n) is 16.1. The van der Waals surface area contributed by atoms with E-state index in [1.807, 2.05) is 42.8 Å². The van der Waals surface area contributed by atoms with Crippen molar-refractivity contribution in [3.8, 4) is 11.6 Å². The Morgan fingerprint density at radius 2 is 2.00 bits per heavy atom. The molecular weight excluding hydrogens is 413 g/mol. The Labute approximate surface area is 178 Å². The highest BCUT2D eigenvalue weighted by atomic mass is 35.5. The Kier molecular flexibility index (Phi) is 5.45. The van der Waals surface area contributed by atoms with Crippen LogP contribution in [0.25, 0.3) is 5.69 Å². The van der Waals surface area contributed by atoms with E-state index in [1.165, 1.54) is 0 Å². The highest BCUT2D eigenvalue weighted by Crippen LogP contribution is 2.32. The van der Waals surface area contributed by atoms with Gasteiger partial charge in [-0.15, -0.1) is 0 Å². The Morgan fingerprint density at radius 3 is 2.69 bits per heavy atom. The van der Waals surface area contributed by atoms with Crippen molar-refractivity contribution in [2.24, 2.45) is 4.99 Å². The van der Waals surface area contributed by atoms with Crippen LogP contribution in [0.3, 0.4) is 0 Å². The lowest BCUT2D eigenvalue weighted by Crippen LogP contribution is -2.38. The maximum atomic E-state index is 6.18. The molecule has 0 radical (unpaired) electrons. The maximum Gasteiger partial charge on any atom is 0.238 e. The lowest BCUT2D eigenvalue weighted by Gasteiger charge is -2.28. The number of aliphatic imine (C=N–C) groups is 1. The minimum Gasteiger partial charge on any atom is -0.479 e. The smallest absolute Gasteiger partial charge is 0.238 e. The number of amidine groups is 1. The summed E-state index contributed by atoms with van der Waals surface area (Å²) in [5.41, 5.74) is 6.07. The Balaban J connectivity index is 1.70. The molecule has 7 nitrogen and oxygen atoms in total. The van der Waals surface area contributed by atoms with Gasteiger partial charge in [0.1, 0.15) is 23.5 Å². The Morgan fingerprint density at radius 1 is 1.17 bits per heavy atom. The summed E-state index contributed by atoms with van der Waals surface area (Å²) in [7, 11) is 1.58. The third kappa shape index (κ3) is 3.94. The first-order valence-corrected chi connectivity index (χ1v) is 9.72. The largest absolute Gasteiger partial charge is 0.479 e. The number of benzene rings is 1. The van der Waals surface area contributed by atoms with Gasteiger partial charge in [0.05, 0.1) is 29.2 Å². The van der Waals surface area contributed by atoms with Gasteiger partial charge >= 0.3 is 0 Å². The molecule has 0 aliphatic carbocycles. The molecule has 0 fully saturated rings. The maximum absolute atomic E-state index is 6.18. The van der Waals surface area contributed by atoms with Crippen LogP contribution in [0.4, 0.5) is 0 Å². The highest BCUT2D eigenvalue weighted by Gasteiger charge is 2.27. The second kappa shape index (κ2) is 8.02. The zero-order valence-corrected chi connectivity index (χ0v) is 17.6. The van der Waals surface area contributed by atoms with E-state index in [1.54, 1.807) is 25.6 Å². The SMILES string of the molecule is COc1nc(C2=NC(c3ccc(Cl)c(Cl)c3)C(C)ON2)ccc1-n1cnc(C)c1. The normalized spacial score (nSPS) is 18.9. The fraction of sp³-hybridized carbons (Fsp3) is 0.250. The predicted molar refractivity (Wildman–Crippen MR) is 112 cm³/mol. The van der Waals surface area contributed by atoms with Crippen molar-refractivity contribution < 1.29 is 9.57 Å².